The van der Waals surface area contributed by atoms with Crippen molar-refractivity contribution >= 4 is 5.95 Å². The van der Waals surface area contributed by atoms with Gasteiger partial charge in [0.1, 0.15) is 0 Å². The molecule has 6 heteroatoms. The Labute approximate surface area is 102 Å². The van der Waals surface area contributed by atoms with E-state index in [9.17, 15) is 0 Å². The highest BCUT2D eigenvalue weighted by Gasteiger charge is 2.19. The van der Waals surface area contributed by atoms with E-state index in [1.807, 2.05) is 7.05 Å². The van der Waals surface area contributed by atoms with Crippen LogP contribution in [0, 0.1) is 5.92 Å². The molecular weight excluding hydrogens is 216 g/mol. The predicted molar refractivity (Wildman–Crippen MR) is 66.9 cm³/mol. The van der Waals surface area contributed by atoms with Gasteiger partial charge in [-0.1, -0.05) is 12.0 Å². The van der Waals surface area contributed by atoms with Gasteiger partial charge in [0.2, 0.25) is 5.95 Å². The number of anilines is 1. The molecule has 0 spiro atoms. The third-order valence-electron chi connectivity index (χ3n) is 3.25. The van der Waals surface area contributed by atoms with Crippen LogP contribution in [0.15, 0.2) is 0 Å². The predicted octanol–water partition coefficient (Wildman–Crippen LogP) is 0.426. The third-order valence-corrected chi connectivity index (χ3v) is 3.25. The van der Waals surface area contributed by atoms with Gasteiger partial charge in [-0.25, -0.2) is 4.68 Å². The molecule has 0 aromatic carbocycles. The van der Waals surface area contributed by atoms with Gasteiger partial charge in [-0.3, -0.25) is 0 Å². The highest BCUT2D eigenvalue weighted by atomic mass is 15.6. The maximum Gasteiger partial charge on any atom is 0.245 e. The lowest BCUT2D eigenvalue weighted by Gasteiger charge is -2.29. The lowest BCUT2D eigenvalue weighted by Crippen LogP contribution is -2.39. The molecule has 1 aliphatic heterocycles. The zero-order valence-electron chi connectivity index (χ0n) is 10.8. The molecule has 0 aliphatic carbocycles. The topological polar surface area (TPSA) is 58.9 Å². The molecule has 0 radical (unpaired) electrons. The number of nitrogens with zero attached hydrogens (tertiary/aromatic N) is 5. The minimum absolute atomic E-state index is 0.715. The minimum atomic E-state index is 0.715. The normalized spacial score (nSPS) is 20.5. The van der Waals surface area contributed by atoms with Crippen molar-refractivity contribution in [1.82, 2.24) is 25.5 Å². The molecule has 1 aromatic heterocycles. The maximum atomic E-state index is 4.11. The molecule has 1 atom stereocenters. The van der Waals surface area contributed by atoms with Crippen molar-refractivity contribution in [2.45, 2.75) is 26.2 Å². The molecule has 2 heterocycles. The molecule has 0 saturated carbocycles. The van der Waals surface area contributed by atoms with Gasteiger partial charge in [0.25, 0.3) is 0 Å². The van der Waals surface area contributed by atoms with Crippen LogP contribution in [0.3, 0.4) is 0 Å². The molecule has 2 rings (SSSR count). The summed E-state index contributed by atoms with van der Waals surface area (Å²) in [6, 6.07) is 0. The zero-order chi connectivity index (χ0) is 12.1. The summed E-state index contributed by atoms with van der Waals surface area (Å²) in [4.78, 5) is 2.30. The molecule has 17 heavy (non-hydrogen) atoms. The van der Waals surface area contributed by atoms with Crippen molar-refractivity contribution in [3.05, 3.63) is 0 Å². The highest BCUT2D eigenvalue weighted by molar-refractivity contribution is 5.27. The maximum absolute atomic E-state index is 4.11. The Morgan fingerprint density at radius 3 is 3.00 bits per heavy atom. The first-order valence-electron chi connectivity index (χ1n) is 6.49. The van der Waals surface area contributed by atoms with Gasteiger partial charge >= 0.3 is 0 Å². The first-order valence-corrected chi connectivity index (χ1v) is 6.49. The van der Waals surface area contributed by atoms with Gasteiger partial charge in [0.15, 0.2) is 0 Å². The van der Waals surface area contributed by atoms with E-state index < -0.39 is 0 Å². The van der Waals surface area contributed by atoms with E-state index in [1.165, 1.54) is 12.8 Å². The second-order valence-electron chi connectivity index (χ2n) is 4.76. The van der Waals surface area contributed by atoms with Crippen LogP contribution in [0.4, 0.5) is 5.95 Å². The van der Waals surface area contributed by atoms with Crippen molar-refractivity contribution in [2.75, 3.05) is 31.1 Å². The SMILES string of the molecule is CCCN(CC1CCCNC1)c1nnnn1C. The molecule has 96 valence electrons. The Kier molecular flexibility index (Phi) is 4.30. The first-order chi connectivity index (χ1) is 8.31. The second-order valence-corrected chi connectivity index (χ2v) is 4.76. The van der Waals surface area contributed by atoms with Crippen LogP contribution in [0.2, 0.25) is 0 Å². The summed E-state index contributed by atoms with van der Waals surface area (Å²) < 4.78 is 1.76. The summed E-state index contributed by atoms with van der Waals surface area (Å²) in [6.45, 7) is 6.54. The van der Waals surface area contributed by atoms with Gasteiger partial charge in [0, 0.05) is 20.1 Å². The zero-order valence-corrected chi connectivity index (χ0v) is 10.8. The highest BCUT2D eigenvalue weighted by Crippen LogP contribution is 2.15. The quantitative estimate of drug-likeness (QED) is 0.806. The van der Waals surface area contributed by atoms with Gasteiger partial charge in [-0.15, -0.1) is 0 Å². The van der Waals surface area contributed by atoms with Gasteiger partial charge in [0.05, 0.1) is 0 Å². The monoisotopic (exact) mass is 238 g/mol. The molecule has 6 nitrogen and oxygen atoms in total. The van der Waals surface area contributed by atoms with Crippen LogP contribution in [0.25, 0.3) is 0 Å². The summed E-state index contributed by atoms with van der Waals surface area (Å²) in [5.41, 5.74) is 0. The summed E-state index contributed by atoms with van der Waals surface area (Å²) in [7, 11) is 1.90. The number of hydrogen-bond donors (Lipinski definition) is 1. The van der Waals surface area contributed by atoms with Crippen LogP contribution in [-0.4, -0.2) is 46.4 Å². The summed E-state index contributed by atoms with van der Waals surface area (Å²) in [5, 5.41) is 15.2. The van der Waals surface area contributed by atoms with Crippen LogP contribution < -0.4 is 10.2 Å². The van der Waals surface area contributed by atoms with Crippen LogP contribution >= 0.6 is 0 Å². The minimum Gasteiger partial charge on any atom is -0.339 e. The molecule has 1 aliphatic rings. The van der Waals surface area contributed by atoms with Crippen LogP contribution in [0.5, 0.6) is 0 Å². The van der Waals surface area contributed by atoms with Gasteiger partial charge in [-0.05, 0) is 48.7 Å². The number of aromatic nitrogens is 4. The number of nitrogens with one attached hydrogen (secondary N) is 1. The molecule has 1 unspecified atom stereocenters. The van der Waals surface area contributed by atoms with E-state index in [0.717, 1.165) is 38.5 Å². The Balaban J connectivity index is 1.99. The third kappa shape index (κ3) is 3.15. The second kappa shape index (κ2) is 5.95. The smallest absolute Gasteiger partial charge is 0.245 e. The van der Waals surface area contributed by atoms with Crippen molar-refractivity contribution in [3.8, 4) is 0 Å². The fourth-order valence-corrected chi connectivity index (χ4v) is 2.43. The molecule has 0 bridgehead atoms. The van der Waals surface area contributed by atoms with E-state index in [-0.39, 0.29) is 0 Å². The Morgan fingerprint density at radius 2 is 2.41 bits per heavy atom. The molecule has 0 amide bonds. The largest absolute Gasteiger partial charge is 0.339 e. The average molecular weight is 238 g/mol. The molecule has 1 N–H and O–H groups in total. The number of aryl methyl sites for hydroxylation is 1. The number of rotatable bonds is 5. The van der Waals surface area contributed by atoms with Crippen LogP contribution in [-0.2, 0) is 7.05 Å². The lowest BCUT2D eigenvalue weighted by molar-refractivity contribution is 0.374. The summed E-state index contributed by atoms with van der Waals surface area (Å²) >= 11 is 0. The van der Waals surface area contributed by atoms with E-state index in [4.69, 9.17) is 0 Å². The standard InChI is InChI=1S/C11H22N6/c1-3-7-17(11-13-14-15-16(11)2)9-10-5-4-6-12-8-10/h10,12H,3-9H2,1-2H3. The van der Waals surface area contributed by atoms with E-state index in [0.29, 0.717) is 5.92 Å². The van der Waals surface area contributed by atoms with Crippen molar-refractivity contribution < 1.29 is 0 Å². The molecular formula is C11H22N6. The first kappa shape index (κ1) is 12.3. The average Bonchev–Trinajstić information content (AvgIpc) is 2.76. The Morgan fingerprint density at radius 1 is 1.53 bits per heavy atom. The van der Waals surface area contributed by atoms with E-state index in [2.05, 4.69) is 32.7 Å². The van der Waals surface area contributed by atoms with Gasteiger partial charge < -0.3 is 10.2 Å². The van der Waals surface area contributed by atoms with Crippen molar-refractivity contribution in [3.63, 3.8) is 0 Å². The summed E-state index contributed by atoms with van der Waals surface area (Å²) in [6.07, 6.45) is 3.70. The molecule has 1 saturated heterocycles. The number of tetrazole rings is 1. The van der Waals surface area contributed by atoms with E-state index >= 15 is 0 Å². The Bertz CT molecular complexity index is 330. The summed E-state index contributed by atoms with van der Waals surface area (Å²) in [5.74, 6) is 1.60. The fourth-order valence-electron chi connectivity index (χ4n) is 2.43. The lowest BCUT2D eigenvalue weighted by atomic mass is 9.99. The number of piperidine rings is 1. The number of hydrogen-bond acceptors (Lipinski definition) is 5. The van der Waals surface area contributed by atoms with Crippen molar-refractivity contribution in [2.24, 2.45) is 13.0 Å². The molecule has 1 aromatic rings. The van der Waals surface area contributed by atoms with Crippen LogP contribution in [0.1, 0.15) is 26.2 Å². The fraction of sp³-hybridized carbons (Fsp3) is 0.909. The van der Waals surface area contributed by atoms with Gasteiger partial charge in [-0.2, -0.15) is 0 Å². The van der Waals surface area contributed by atoms with E-state index in [1.54, 1.807) is 4.68 Å². The van der Waals surface area contributed by atoms with Crippen molar-refractivity contribution in [1.29, 1.82) is 0 Å². The molecule has 1 fully saturated rings. The Hall–Kier alpha value is -1.17.